The summed E-state index contributed by atoms with van der Waals surface area (Å²) in [7, 11) is -3.65. The number of aromatic nitrogens is 2. The number of amides is 1. The van der Waals surface area contributed by atoms with Gasteiger partial charge in [0.05, 0.1) is 0 Å². The van der Waals surface area contributed by atoms with Gasteiger partial charge >= 0.3 is 6.09 Å². The van der Waals surface area contributed by atoms with Gasteiger partial charge in [-0.1, -0.05) is 12.1 Å². The maximum atomic E-state index is 14.1. The minimum absolute atomic E-state index is 0.0252. The number of halogens is 1. The van der Waals surface area contributed by atoms with E-state index in [-0.39, 0.29) is 16.6 Å². The third kappa shape index (κ3) is 4.49. The van der Waals surface area contributed by atoms with Crippen molar-refractivity contribution in [3.05, 3.63) is 29.9 Å². The first-order chi connectivity index (χ1) is 13.1. The molecule has 28 heavy (non-hydrogen) atoms. The molecule has 1 N–H and O–H groups in total. The number of sulfone groups is 1. The van der Waals surface area contributed by atoms with E-state index in [1.54, 1.807) is 0 Å². The number of carboxylic acid groups (broad SMARTS) is 1. The molecule has 1 atom stereocenters. The largest absolute Gasteiger partial charge is 0.465 e. The minimum atomic E-state index is -3.65. The highest BCUT2D eigenvalue weighted by Gasteiger charge is 2.26. The molecule has 152 valence electrons. The lowest BCUT2D eigenvalue weighted by Gasteiger charge is -2.30. The van der Waals surface area contributed by atoms with Crippen LogP contribution in [0, 0.1) is 11.7 Å². The summed E-state index contributed by atoms with van der Waals surface area (Å²) >= 11 is 0. The topological polar surface area (TPSA) is 114 Å². The molecule has 0 bridgehead atoms. The number of nitrogens with zero attached hydrogens (tertiary/aromatic N) is 3. The SMILES string of the molecule is CC(CC1CCN(C(=O)O)CC1)c1nc(-c2ccc(S(C)(=O)=O)c(F)c2)no1. The van der Waals surface area contributed by atoms with E-state index in [1.165, 1.54) is 17.0 Å². The number of benzene rings is 1. The van der Waals surface area contributed by atoms with Gasteiger partial charge in [0.2, 0.25) is 11.7 Å². The van der Waals surface area contributed by atoms with E-state index in [0.29, 0.717) is 30.5 Å². The van der Waals surface area contributed by atoms with Crippen LogP contribution in [0.2, 0.25) is 0 Å². The maximum absolute atomic E-state index is 14.1. The van der Waals surface area contributed by atoms with Crippen molar-refractivity contribution in [2.75, 3.05) is 19.3 Å². The zero-order valence-electron chi connectivity index (χ0n) is 15.6. The standard InChI is InChI=1S/C18H22FN3O5S/c1-11(9-12-5-7-22(8-6-12)18(23)24)17-20-16(21-27-17)13-3-4-15(14(19)10-13)28(2,25)26/h3-4,10-12H,5-9H2,1-2H3,(H,23,24). The van der Waals surface area contributed by atoms with Crippen LogP contribution in [0.15, 0.2) is 27.6 Å². The summed E-state index contributed by atoms with van der Waals surface area (Å²) in [6.07, 6.45) is 2.42. The molecule has 1 saturated heterocycles. The van der Waals surface area contributed by atoms with E-state index in [2.05, 4.69) is 10.1 Å². The van der Waals surface area contributed by atoms with Gasteiger partial charge in [0.15, 0.2) is 9.84 Å². The molecular formula is C18H22FN3O5S. The van der Waals surface area contributed by atoms with E-state index in [4.69, 9.17) is 9.63 Å². The highest BCUT2D eigenvalue weighted by Crippen LogP contribution is 2.30. The minimum Gasteiger partial charge on any atom is -0.465 e. The zero-order valence-corrected chi connectivity index (χ0v) is 16.4. The van der Waals surface area contributed by atoms with Crippen molar-refractivity contribution in [2.45, 2.75) is 37.0 Å². The summed E-state index contributed by atoms with van der Waals surface area (Å²) in [5, 5.41) is 12.9. The van der Waals surface area contributed by atoms with Gasteiger partial charge in [-0.3, -0.25) is 0 Å². The Morgan fingerprint density at radius 1 is 1.39 bits per heavy atom. The second kappa shape index (κ2) is 7.86. The van der Waals surface area contributed by atoms with Crippen molar-refractivity contribution in [1.82, 2.24) is 15.0 Å². The maximum Gasteiger partial charge on any atom is 0.407 e. The summed E-state index contributed by atoms with van der Waals surface area (Å²) in [6.45, 7) is 3.00. The van der Waals surface area contributed by atoms with Crippen LogP contribution in [0.25, 0.3) is 11.4 Å². The Bertz CT molecular complexity index is 967. The molecule has 1 aromatic heterocycles. The summed E-state index contributed by atoms with van der Waals surface area (Å²) in [4.78, 5) is 16.3. The summed E-state index contributed by atoms with van der Waals surface area (Å²) in [5.74, 6) is 0.101. The summed E-state index contributed by atoms with van der Waals surface area (Å²) in [5.41, 5.74) is 0.335. The van der Waals surface area contributed by atoms with Gasteiger partial charge in [-0.2, -0.15) is 4.98 Å². The fourth-order valence-electron chi connectivity index (χ4n) is 3.45. The lowest BCUT2D eigenvalue weighted by molar-refractivity contribution is 0.121. The number of carbonyl (C=O) groups is 1. The molecule has 2 heterocycles. The van der Waals surface area contributed by atoms with E-state index >= 15 is 0 Å². The van der Waals surface area contributed by atoms with E-state index in [0.717, 1.165) is 31.6 Å². The molecule has 0 aliphatic carbocycles. The average molecular weight is 411 g/mol. The van der Waals surface area contributed by atoms with Gasteiger partial charge in [0, 0.05) is 30.8 Å². The van der Waals surface area contributed by atoms with Crippen LogP contribution in [0.4, 0.5) is 9.18 Å². The smallest absolute Gasteiger partial charge is 0.407 e. The van der Waals surface area contributed by atoms with Crippen molar-refractivity contribution in [3.8, 4) is 11.4 Å². The van der Waals surface area contributed by atoms with Crippen LogP contribution in [0.5, 0.6) is 0 Å². The number of rotatable bonds is 5. The van der Waals surface area contributed by atoms with Gasteiger partial charge in [-0.25, -0.2) is 17.6 Å². The van der Waals surface area contributed by atoms with Crippen molar-refractivity contribution in [3.63, 3.8) is 0 Å². The van der Waals surface area contributed by atoms with Crippen molar-refractivity contribution >= 4 is 15.9 Å². The molecule has 1 aromatic carbocycles. The van der Waals surface area contributed by atoms with Crippen LogP contribution in [-0.2, 0) is 9.84 Å². The van der Waals surface area contributed by atoms with Crippen molar-refractivity contribution in [2.24, 2.45) is 5.92 Å². The van der Waals surface area contributed by atoms with Crippen LogP contribution in [0.1, 0.15) is 38.0 Å². The quantitative estimate of drug-likeness (QED) is 0.804. The lowest BCUT2D eigenvalue weighted by atomic mass is 9.88. The Labute approximate surface area is 162 Å². The van der Waals surface area contributed by atoms with Crippen LogP contribution in [-0.4, -0.2) is 54.0 Å². The average Bonchev–Trinajstić information content (AvgIpc) is 3.11. The molecule has 0 radical (unpaired) electrons. The molecule has 1 amide bonds. The number of piperidine rings is 1. The summed E-state index contributed by atoms with van der Waals surface area (Å²) < 4.78 is 42.4. The molecule has 8 nitrogen and oxygen atoms in total. The number of hydrogen-bond donors (Lipinski definition) is 1. The molecule has 1 aliphatic rings. The van der Waals surface area contributed by atoms with Gasteiger partial charge in [0.25, 0.3) is 0 Å². The Morgan fingerprint density at radius 3 is 2.64 bits per heavy atom. The zero-order chi connectivity index (χ0) is 20.5. The van der Waals surface area contributed by atoms with Gasteiger partial charge in [0.1, 0.15) is 10.7 Å². The molecule has 1 fully saturated rings. The van der Waals surface area contributed by atoms with Gasteiger partial charge in [-0.05, 0) is 43.4 Å². The Balaban J connectivity index is 1.67. The molecule has 0 spiro atoms. The Morgan fingerprint density at radius 2 is 2.07 bits per heavy atom. The highest BCUT2D eigenvalue weighted by atomic mass is 32.2. The molecule has 10 heteroatoms. The lowest BCUT2D eigenvalue weighted by Crippen LogP contribution is -2.37. The molecule has 2 aromatic rings. The van der Waals surface area contributed by atoms with E-state index in [9.17, 15) is 17.6 Å². The third-order valence-corrected chi connectivity index (χ3v) is 6.15. The van der Waals surface area contributed by atoms with Crippen LogP contribution in [0.3, 0.4) is 0 Å². The highest BCUT2D eigenvalue weighted by molar-refractivity contribution is 7.90. The predicted octanol–water partition coefficient (Wildman–Crippen LogP) is 3.16. The Hall–Kier alpha value is -2.49. The number of likely N-dealkylation sites (tertiary alicyclic amines) is 1. The summed E-state index contributed by atoms with van der Waals surface area (Å²) in [6, 6.07) is 3.72. The third-order valence-electron chi connectivity index (χ3n) is 5.02. The molecule has 1 unspecified atom stereocenters. The fourth-order valence-corrected chi connectivity index (χ4v) is 4.18. The van der Waals surface area contributed by atoms with E-state index < -0.39 is 21.7 Å². The number of hydrogen-bond acceptors (Lipinski definition) is 6. The first-order valence-corrected chi connectivity index (χ1v) is 10.9. The molecule has 1 aliphatic heterocycles. The predicted molar refractivity (Wildman–Crippen MR) is 98.2 cm³/mol. The first-order valence-electron chi connectivity index (χ1n) is 8.96. The van der Waals surface area contributed by atoms with E-state index in [1.807, 2.05) is 6.92 Å². The van der Waals surface area contributed by atoms with Crippen molar-refractivity contribution in [1.29, 1.82) is 0 Å². The fraction of sp³-hybridized carbons (Fsp3) is 0.500. The van der Waals surface area contributed by atoms with Crippen LogP contribution >= 0.6 is 0 Å². The molecular weight excluding hydrogens is 389 g/mol. The van der Waals surface area contributed by atoms with Gasteiger partial charge in [-0.15, -0.1) is 0 Å². The Kier molecular flexibility index (Phi) is 5.69. The van der Waals surface area contributed by atoms with Crippen molar-refractivity contribution < 1.29 is 27.2 Å². The second-order valence-corrected chi connectivity index (χ2v) is 9.21. The first kappa shape index (κ1) is 20.2. The normalized spacial score (nSPS) is 16.9. The van der Waals surface area contributed by atoms with Crippen LogP contribution < -0.4 is 0 Å². The monoisotopic (exact) mass is 411 g/mol. The molecule has 3 rings (SSSR count). The second-order valence-electron chi connectivity index (χ2n) is 7.22. The molecule has 0 saturated carbocycles. The van der Waals surface area contributed by atoms with Gasteiger partial charge < -0.3 is 14.5 Å².